The average Bonchev–Trinajstić information content (AvgIpc) is 2.99. The zero-order chi connectivity index (χ0) is 12.7. The Morgan fingerprint density at radius 2 is 2.28 bits per heavy atom. The molecule has 1 aromatic carbocycles. The Balaban J connectivity index is 1.77. The summed E-state index contributed by atoms with van der Waals surface area (Å²) in [7, 11) is 2.05. The summed E-state index contributed by atoms with van der Waals surface area (Å²) in [5.74, 6) is -0.466. The van der Waals surface area contributed by atoms with Gasteiger partial charge in [0.15, 0.2) is 0 Å². The molecule has 94 valence electrons. The lowest BCUT2D eigenvalue weighted by molar-refractivity contribution is -0.138. The smallest absolute Gasteiger partial charge is 0.306 e. The molecular weight excluding hydrogens is 246 g/mol. The second-order valence-electron chi connectivity index (χ2n) is 4.94. The minimum absolute atomic E-state index is 0.127. The van der Waals surface area contributed by atoms with Crippen molar-refractivity contribution in [1.29, 1.82) is 0 Å². The van der Waals surface area contributed by atoms with Gasteiger partial charge < -0.3 is 10.0 Å². The van der Waals surface area contributed by atoms with Crippen LogP contribution in [0.1, 0.15) is 6.42 Å². The number of carboxylic acids is 1. The van der Waals surface area contributed by atoms with E-state index in [4.69, 9.17) is 5.11 Å². The molecule has 2 aromatic rings. The first-order valence-corrected chi connectivity index (χ1v) is 6.95. The van der Waals surface area contributed by atoms with Crippen molar-refractivity contribution in [3.05, 3.63) is 29.6 Å². The zero-order valence-corrected chi connectivity index (χ0v) is 11.0. The van der Waals surface area contributed by atoms with E-state index in [0.29, 0.717) is 5.92 Å². The van der Waals surface area contributed by atoms with Crippen molar-refractivity contribution in [2.45, 2.75) is 6.42 Å². The topological polar surface area (TPSA) is 40.5 Å². The molecule has 1 heterocycles. The van der Waals surface area contributed by atoms with Gasteiger partial charge in [0.1, 0.15) is 0 Å². The van der Waals surface area contributed by atoms with Gasteiger partial charge >= 0.3 is 5.97 Å². The van der Waals surface area contributed by atoms with Crippen LogP contribution >= 0.6 is 11.3 Å². The lowest BCUT2D eigenvalue weighted by Gasteiger charge is -2.18. The molecule has 0 spiro atoms. The van der Waals surface area contributed by atoms with E-state index >= 15 is 0 Å². The second kappa shape index (κ2) is 4.28. The Bertz CT molecular complexity index is 592. The molecule has 2 unspecified atom stereocenters. The van der Waals surface area contributed by atoms with E-state index in [-0.39, 0.29) is 5.92 Å². The van der Waals surface area contributed by atoms with Crippen LogP contribution < -0.4 is 4.90 Å². The third-order valence-corrected chi connectivity index (χ3v) is 4.57. The van der Waals surface area contributed by atoms with Gasteiger partial charge in [-0.25, -0.2) is 0 Å². The number of fused-ring (bicyclic) bond motifs is 1. The van der Waals surface area contributed by atoms with Crippen LogP contribution in [0.2, 0.25) is 0 Å². The number of rotatable bonds is 4. The van der Waals surface area contributed by atoms with E-state index in [0.717, 1.165) is 13.0 Å². The maximum Gasteiger partial charge on any atom is 0.306 e. The molecule has 0 radical (unpaired) electrons. The summed E-state index contributed by atoms with van der Waals surface area (Å²) >= 11 is 1.74. The van der Waals surface area contributed by atoms with Gasteiger partial charge in [0.25, 0.3) is 0 Å². The number of benzene rings is 1. The molecule has 1 aromatic heterocycles. The lowest BCUT2D eigenvalue weighted by atomic mass is 10.2. The van der Waals surface area contributed by atoms with Crippen molar-refractivity contribution in [2.75, 3.05) is 18.5 Å². The van der Waals surface area contributed by atoms with Gasteiger partial charge in [-0.1, -0.05) is 18.2 Å². The molecule has 4 heteroatoms. The molecule has 2 atom stereocenters. The first-order chi connectivity index (χ1) is 8.66. The predicted octanol–water partition coefficient (Wildman–Crippen LogP) is 3.06. The summed E-state index contributed by atoms with van der Waals surface area (Å²) in [5, 5.41) is 12.3. The van der Waals surface area contributed by atoms with Crippen LogP contribution in [-0.2, 0) is 4.79 Å². The van der Waals surface area contributed by atoms with Crippen LogP contribution in [0.15, 0.2) is 29.6 Å². The molecular formula is C14H15NO2S. The highest BCUT2D eigenvalue weighted by Crippen LogP contribution is 2.41. The fourth-order valence-corrected chi connectivity index (χ4v) is 3.46. The molecule has 1 fully saturated rings. The van der Waals surface area contributed by atoms with Crippen LogP contribution in [0, 0.1) is 11.8 Å². The zero-order valence-electron chi connectivity index (χ0n) is 10.2. The normalized spacial score (nSPS) is 22.1. The van der Waals surface area contributed by atoms with E-state index in [1.807, 2.05) is 19.2 Å². The largest absolute Gasteiger partial charge is 0.481 e. The molecule has 3 rings (SSSR count). The number of thiophene rings is 1. The van der Waals surface area contributed by atoms with Crippen LogP contribution in [0.3, 0.4) is 0 Å². The van der Waals surface area contributed by atoms with Crippen LogP contribution in [0.4, 0.5) is 5.69 Å². The van der Waals surface area contributed by atoms with E-state index in [9.17, 15) is 4.79 Å². The third-order valence-electron chi connectivity index (χ3n) is 3.62. The Hall–Kier alpha value is -1.55. The van der Waals surface area contributed by atoms with E-state index in [1.54, 1.807) is 11.3 Å². The van der Waals surface area contributed by atoms with Crippen molar-refractivity contribution in [3.8, 4) is 0 Å². The molecule has 0 amide bonds. The van der Waals surface area contributed by atoms with Gasteiger partial charge in [-0.05, 0) is 18.4 Å². The number of carbonyl (C=O) groups is 1. The van der Waals surface area contributed by atoms with E-state index in [1.165, 1.54) is 15.8 Å². The minimum Gasteiger partial charge on any atom is -0.481 e. The van der Waals surface area contributed by atoms with Crippen molar-refractivity contribution >= 4 is 33.1 Å². The Morgan fingerprint density at radius 3 is 3.00 bits per heavy atom. The Kier molecular flexibility index (Phi) is 2.74. The molecule has 1 aliphatic carbocycles. The van der Waals surface area contributed by atoms with Crippen LogP contribution in [-0.4, -0.2) is 24.7 Å². The van der Waals surface area contributed by atoms with Gasteiger partial charge in [-0.15, -0.1) is 11.3 Å². The first kappa shape index (κ1) is 11.5. The van der Waals surface area contributed by atoms with Crippen molar-refractivity contribution in [3.63, 3.8) is 0 Å². The Labute approximate surface area is 110 Å². The van der Waals surface area contributed by atoms with Crippen LogP contribution in [0.5, 0.6) is 0 Å². The lowest BCUT2D eigenvalue weighted by Crippen LogP contribution is -2.21. The highest BCUT2D eigenvalue weighted by molar-refractivity contribution is 7.17. The molecule has 0 bridgehead atoms. The maximum atomic E-state index is 10.8. The highest BCUT2D eigenvalue weighted by atomic mass is 32.1. The SMILES string of the molecule is CN(CC1CC1C(=O)O)c1csc2ccccc12. The molecule has 0 saturated heterocycles. The van der Waals surface area contributed by atoms with E-state index < -0.39 is 5.97 Å². The summed E-state index contributed by atoms with van der Waals surface area (Å²) in [5.41, 5.74) is 1.21. The van der Waals surface area contributed by atoms with Gasteiger partial charge in [0, 0.05) is 29.1 Å². The summed E-state index contributed by atoms with van der Waals surface area (Å²) < 4.78 is 1.28. The van der Waals surface area contributed by atoms with Crippen molar-refractivity contribution in [1.82, 2.24) is 0 Å². The van der Waals surface area contributed by atoms with Crippen molar-refractivity contribution in [2.24, 2.45) is 11.8 Å². The molecule has 0 aliphatic heterocycles. The highest BCUT2D eigenvalue weighted by Gasteiger charge is 2.43. The van der Waals surface area contributed by atoms with Gasteiger partial charge in [-0.2, -0.15) is 0 Å². The first-order valence-electron chi connectivity index (χ1n) is 6.07. The quantitative estimate of drug-likeness (QED) is 0.919. The van der Waals surface area contributed by atoms with Gasteiger partial charge in [0.2, 0.25) is 0 Å². The van der Waals surface area contributed by atoms with Gasteiger partial charge in [0.05, 0.1) is 11.6 Å². The number of carboxylic acid groups (broad SMARTS) is 1. The summed E-state index contributed by atoms with van der Waals surface area (Å²) in [6.07, 6.45) is 0.821. The Morgan fingerprint density at radius 1 is 1.50 bits per heavy atom. The number of nitrogens with zero attached hydrogens (tertiary/aromatic N) is 1. The molecule has 1 saturated carbocycles. The summed E-state index contributed by atoms with van der Waals surface area (Å²) in [6.45, 7) is 0.831. The fourth-order valence-electron chi connectivity index (χ4n) is 2.46. The molecule has 18 heavy (non-hydrogen) atoms. The number of aliphatic carboxylic acids is 1. The standard InChI is InChI=1S/C14H15NO2S/c1-15(7-9-6-11(9)14(16)17)12-8-18-13-5-3-2-4-10(12)13/h2-5,8-9,11H,6-7H2,1H3,(H,16,17). The summed E-state index contributed by atoms with van der Waals surface area (Å²) in [6, 6.07) is 8.33. The minimum atomic E-state index is -0.649. The predicted molar refractivity (Wildman–Crippen MR) is 74.3 cm³/mol. The third kappa shape index (κ3) is 1.97. The maximum absolute atomic E-state index is 10.8. The number of anilines is 1. The number of hydrogen-bond acceptors (Lipinski definition) is 3. The van der Waals surface area contributed by atoms with Gasteiger partial charge in [-0.3, -0.25) is 4.79 Å². The molecule has 1 N–H and O–H groups in total. The molecule has 3 nitrogen and oxygen atoms in total. The monoisotopic (exact) mass is 261 g/mol. The number of hydrogen-bond donors (Lipinski definition) is 1. The van der Waals surface area contributed by atoms with Crippen molar-refractivity contribution < 1.29 is 9.90 Å². The average molecular weight is 261 g/mol. The molecule has 1 aliphatic rings. The fraction of sp³-hybridized carbons (Fsp3) is 0.357. The van der Waals surface area contributed by atoms with Crippen LogP contribution in [0.25, 0.3) is 10.1 Å². The van der Waals surface area contributed by atoms with E-state index in [2.05, 4.69) is 22.4 Å². The second-order valence-corrected chi connectivity index (χ2v) is 5.85. The summed E-state index contributed by atoms with van der Waals surface area (Å²) in [4.78, 5) is 13.0.